The SMILES string of the molecule is CCCOc1ccc([C@H]2C3=C(Nc4nc(N)[nH]c(=O)c42)c2ccccc2C3=O)cc1. The number of nitrogens with zero attached hydrogens (tertiary/aromatic N) is 1. The zero-order valence-electron chi connectivity index (χ0n) is 16.4. The molecule has 4 N–H and O–H groups in total. The van der Waals surface area contributed by atoms with Crippen LogP contribution in [0.2, 0.25) is 0 Å². The fourth-order valence-electron chi connectivity index (χ4n) is 4.15. The summed E-state index contributed by atoms with van der Waals surface area (Å²) in [4.78, 5) is 33.1. The number of hydrogen-bond donors (Lipinski definition) is 3. The van der Waals surface area contributed by atoms with Gasteiger partial charge in [0.1, 0.15) is 11.6 Å². The number of ketones is 1. The number of hydrogen-bond acceptors (Lipinski definition) is 6. The summed E-state index contributed by atoms with van der Waals surface area (Å²) >= 11 is 0. The number of Topliss-reactive ketones (excluding diaryl/α,β-unsaturated/α-hetero) is 1. The molecule has 0 bridgehead atoms. The molecule has 0 saturated carbocycles. The highest BCUT2D eigenvalue weighted by Crippen LogP contribution is 2.47. The van der Waals surface area contributed by atoms with Crippen molar-refractivity contribution in [1.82, 2.24) is 9.97 Å². The van der Waals surface area contributed by atoms with Crippen LogP contribution in [0.4, 0.5) is 11.8 Å². The number of aromatic nitrogens is 2. The first kappa shape index (κ1) is 18.2. The minimum absolute atomic E-state index is 0.0231. The minimum atomic E-state index is -0.562. The highest BCUT2D eigenvalue weighted by molar-refractivity contribution is 6.23. The highest BCUT2D eigenvalue weighted by Gasteiger charge is 2.41. The Morgan fingerprint density at radius 2 is 1.80 bits per heavy atom. The maximum Gasteiger partial charge on any atom is 0.258 e. The predicted molar refractivity (Wildman–Crippen MR) is 115 cm³/mol. The number of allylic oxidation sites excluding steroid dienone is 1. The van der Waals surface area contributed by atoms with Crippen molar-refractivity contribution < 1.29 is 9.53 Å². The average Bonchev–Trinajstić information content (AvgIpc) is 3.03. The first-order valence-corrected chi connectivity index (χ1v) is 9.86. The Hall–Kier alpha value is -3.87. The summed E-state index contributed by atoms with van der Waals surface area (Å²) in [5.41, 5.74) is 9.25. The number of aromatic amines is 1. The molecule has 2 aromatic carbocycles. The van der Waals surface area contributed by atoms with E-state index in [0.29, 0.717) is 34.8 Å². The monoisotopic (exact) mass is 400 g/mol. The number of ether oxygens (including phenoxy) is 1. The van der Waals surface area contributed by atoms with Gasteiger partial charge < -0.3 is 15.8 Å². The molecule has 1 aromatic heterocycles. The molecule has 0 unspecified atom stereocenters. The third-order valence-corrected chi connectivity index (χ3v) is 5.44. The molecule has 3 aromatic rings. The van der Waals surface area contributed by atoms with Crippen molar-refractivity contribution in [2.75, 3.05) is 17.7 Å². The van der Waals surface area contributed by atoms with Crippen LogP contribution in [0.25, 0.3) is 5.70 Å². The van der Waals surface area contributed by atoms with Crippen LogP contribution >= 0.6 is 0 Å². The summed E-state index contributed by atoms with van der Waals surface area (Å²) in [6.45, 7) is 2.67. The van der Waals surface area contributed by atoms with E-state index in [4.69, 9.17) is 10.5 Å². The summed E-state index contributed by atoms with van der Waals surface area (Å²) in [5, 5.41) is 3.19. The molecule has 1 aliphatic heterocycles. The molecule has 7 nitrogen and oxygen atoms in total. The fraction of sp³-hybridized carbons (Fsp3) is 0.174. The summed E-state index contributed by atoms with van der Waals surface area (Å²) in [6, 6.07) is 14.9. The molecule has 1 aliphatic carbocycles. The number of anilines is 2. The lowest BCUT2D eigenvalue weighted by atomic mass is 9.81. The number of H-pyrrole nitrogens is 1. The van der Waals surface area contributed by atoms with Crippen molar-refractivity contribution >= 4 is 23.2 Å². The van der Waals surface area contributed by atoms with Crippen LogP contribution in [0.5, 0.6) is 5.75 Å². The number of carbonyl (C=O) groups excluding carboxylic acids is 1. The summed E-state index contributed by atoms with van der Waals surface area (Å²) in [6.07, 6.45) is 0.912. The third kappa shape index (κ3) is 2.70. The number of nitrogen functional groups attached to an aromatic ring is 1. The van der Waals surface area contributed by atoms with Crippen LogP contribution in [-0.4, -0.2) is 22.4 Å². The Bertz CT molecular complexity index is 1260. The van der Waals surface area contributed by atoms with Gasteiger partial charge in [-0.3, -0.25) is 14.6 Å². The van der Waals surface area contributed by atoms with Crippen LogP contribution in [0.15, 0.2) is 58.9 Å². The van der Waals surface area contributed by atoms with Gasteiger partial charge in [0.25, 0.3) is 5.56 Å². The number of nitrogens with two attached hydrogens (primary N) is 1. The second-order valence-corrected chi connectivity index (χ2v) is 7.35. The number of rotatable bonds is 4. The molecular weight excluding hydrogens is 380 g/mol. The van der Waals surface area contributed by atoms with Gasteiger partial charge in [-0.05, 0) is 24.1 Å². The van der Waals surface area contributed by atoms with Crippen molar-refractivity contribution in [3.63, 3.8) is 0 Å². The van der Waals surface area contributed by atoms with Crippen molar-refractivity contribution in [1.29, 1.82) is 0 Å². The Kier molecular flexibility index (Phi) is 4.17. The zero-order chi connectivity index (χ0) is 20.8. The molecule has 0 spiro atoms. The van der Waals surface area contributed by atoms with Gasteiger partial charge >= 0.3 is 0 Å². The Balaban J connectivity index is 1.70. The van der Waals surface area contributed by atoms with Gasteiger partial charge in [-0.25, -0.2) is 0 Å². The fourth-order valence-corrected chi connectivity index (χ4v) is 4.15. The lowest BCUT2D eigenvalue weighted by Gasteiger charge is -2.27. The van der Waals surface area contributed by atoms with Gasteiger partial charge in [0.05, 0.1) is 17.9 Å². The average molecular weight is 400 g/mol. The topological polar surface area (TPSA) is 110 Å². The Morgan fingerprint density at radius 1 is 1.07 bits per heavy atom. The lowest BCUT2D eigenvalue weighted by molar-refractivity contribution is 0.103. The zero-order valence-corrected chi connectivity index (χ0v) is 16.4. The first-order valence-electron chi connectivity index (χ1n) is 9.86. The van der Waals surface area contributed by atoms with Crippen molar-refractivity contribution in [3.8, 4) is 5.75 Å². The smallest absolute Gasteiger partial charge is 0.258 e. The molecular formula is C23H20N4O3. The van der Waals surface area contributed by atoms with E-state index in [1.807, 2.05) is 49.4 Å². The summed E-state index contributed by atoms with van der Waals surface area (Å²) in [7, 11) is 0. The van der Waals surface area contributed by atoms with E-state index >= 15 is 0 Å². The molecule has 7 heteroatoms. The quantitative estimate of drug-likeness (QED) is 0.620. The number of nitrogens with one attached hydrogen (secondary N) is 2. The van der Waals surface area contributed by atoms with Gasteiger partial charge in [-0.1, -0.05) is 43.3 Å². The number of benzene rings is 2. The normalized spacial score (nSPS) is 16.6. The van der Waals surface area contributed by atoms with Crippen LogP contribution < -0.4 is 21.3 Å². The largest absolute Gasteiger partial charge is 0.494 e. The third-order valence-electron chi connectivity index (χ3n) is 5.44. The van der Waals surface area contributed by atoms with Crippen molar-refractivity contribution in [2.24, 2.45) is 0 Å². The van der Waals surface area contributed by atoms with Crippen LogP contribution in [0.3, 0.4) is 0 Å². The first-order chi connectivity index (χ1) is 14.6. The van der Waals surface area contributed by atoms with Gasteiger partial charge in [-0.2, -0.15) is 4.98 Å². The van der Waals surface area contributed by atoms with Crippen LogP contribution in [0.1, 0.15) is 46.3 Å². The molecule has 150 valence electrons. The van der Waals surface area contributed by atoms with Crippen LogP contribution in [0, 0.1) is 0 Å². The second kappa shape index (κ2) is 6.88. The van der Waals surface area contributed by atoms with Gasteiger partial charge in [-0.15, -0.1) is 0 Å². The Morgan fingerprint density at radius 3 is 2.53 bits per heavy atom. The van der Waals surface area contributed by atoms with E-state index in [2.05, 4.69) is 15.3 Å². The lowest BCUT2D eigenvalue weighted by Crippen LogP contribution is -2.28. The predicted octanol–water partition coefficient (Wildman–Crippen LogP) is 3.31. The molecule has 30 heavy (non-hydrogen) atoms. The van der Waals surface area contributed by atoms with E-state index in [0.717, 1.165) is 23.3 Å². The molecule has 0 saturated heterocycles. The second-order valence-electron chi connectivity index (χ2n) is 7.35. The molecule has 0 radical (unpaired) electrons. The highest BCUT2D eigenvalue weighted by atomic mass is 16.5. The molecule has 5 rings (SSSR count). The number of carbonyl (C=O) groups is 1. The van der Waals surface area contributed by atoms with Crippen molar-refractivity contribution in [2.45, 2.75) is 19.3 Å². The van der Waals surface area contributed by atoms with E-state index in [1.165, 1.54) is 0 Å². The summed E-state index contributed by atoms with van der Waals surface area (Å²) < 4.78 is 5.68. The molecule has 0 amide bonds. The standard InChI is InChI=1S/C23H20N4O3/c1-2-11-30-13-9-7-12(8-10-13)16-17-19(14-5-3-4-6-15(14)20(17)28)25-21-18(16)22(29)27-23(24)26-21/h3-10,16H,2,11H2,1H3,(H4,24,25,26,27,29)/t16-/m0/s1. The number of fused-ring (bicyclic) bond motifs is 3. The molecule has 0 fully saturated rings. The maximum absolute atomic E-state index is 13.3. The van der Waals surface area contributed by atoms with E-state index in [1.54, 1.807) is 6.07 Å². The molecule has 2 heterocycles. The summed E-state index contributed by atoms with van der Waals surface area (Å²) in [5.74, 6) is 0.486. The Labute approximate surface area is 172 Å². The van der Waals surface area contributed by atoms with Gasteiger partial charge in [0, 0.05) is 22.6 Å². The van der Waals surface area contributed by atoms with Crippen molar-refractivity contribution in [3.05, 3.63) is 86.7 Å². The molecule has 2 aliphatic rings. The molecule has 1 atom stereocenters. The van der Waals surface area contributed by atoms with E-state index in [9.17, 15) is 9.59 Å². The van der Waals surface area contributed by atoms with Gasteiger partial charge in [0.15, 0.2) is 5.78 Å². The maximum atomic E-state index is 13.3. The minimum Gasteiger partial charge on any atom is -0.494 e. The van der Waals surface area contributed by atoms with Crippen LogP contribution in [-0.2, 0) is 0 Å². The van der Waals surface area contributed by atoms with Gasteiger partial charge in [0.2, 0.25) is 5.95 Å². The van der Waals surface area contributed by atoms with E-state index < -0.39 is 5.92 Å². The van der Waals surface area contributed by atoms with E-state index in [-0.39, 0.29) is 17.3 Å².